The quantitative estimate of drug-likeness (QED) is 0.253. The molecule has 0 radical (unpaired) electrons. The predicted molar refractivity (Wildman–Crippen MR) is 155 cm³/mol. The molecular weight excluding hydrogens is 514 g/mol. The Balaban J connectivity index is 1.45. The molecule has 0 fully saturated rings. The van der Waals surface area contributed by atoms with E-state index in [2.05, 4.69) is 29.4 Å². The Morgan fingerprint density at radius 1 is 1.03 bits per heavy atom. The summed E-state index contributed by atoms with van der Waals surface area (Å²) in [5.74, 6) is 0.805. The molecule has 1 aliphatic heterocycles. The Bertz CT molecular complexity index is 1600. The topological polar surface area (TPSA) is 92.9 Å². The third-order valence-electron chi connectivity index (χ3n) is 6.72. The molecule has 9 heteroatoms. The van der Waals surface area contributed by atoms with E-state index >= 15 is 0 Å². The first kappa shape index (κ1) is 26.2. The van der Waals surface area contributed by atoms with Gasteiger partial charge < -0.3 is 29.4 Å². The lowest BCUT2D eigenvalue weighted by molar-refractivity contribution is 0.0602. The van der Waals surface area contributed by atoms with Crippen LogP contribution in [0.25, 0.3) is 10.9 Å². The lowest BCUT2D eigenvalue weighted by Crippen LogP contribution is -2.37. The van der Waals surface area contributed by atoms with Crippen molar-refractivity contribution in [2.45, 2.75) is 19.9 Å². The molecule has 0 aliphatic carbocycles. The number of aryl methyl sites for hydroxylation is 1. The predicted octanol–water partition coefficient (Wildman–Crippen LogP) is 4.84. The minimum atomic E-state index is -0.465. The summed E-state index contributed by atoms with van der Waals surface area (Å²) in [6.07, 6.45) is 0.720. The molecular formula is C30H29N3O5S. The zero-order valence-corrected chi connectivity index (χ0v) is 22.6. The summed E-state index contributed by atoms with van der Waals surface area (Å²) in [6, 6.07) is 20.7. The molecule has 4 aromatic rings. The van der Waals surface area contributed by atoms with Crippen LogP contribution in [0.15, 0.2) is 71.5 Å². The highest BCUT2D eigenvalue weighted by Crippen LogP contribution is 2.33. The van der Waals surface area contributed by atoms with Crippen molar-refractivity contribution in [3.63, 3.8) is 0 Å². The van der Waals surface area contributed by atoms with E-state index in [0.29, 0.717) is 58.7 Å². The number of anilines is 1. The Morgan fingerprint density at radius 2 is 1.74 bits per heavy atom. The smallest absolute Gasteiger partial charge is 0.339 e. The minimum absolute atomic E-state index is 0.210. The van der Waals surface area contributed by atoms with Crippen molar-refractivity contribution in [3.8, 4) is 11.5 Å². The number of H-pyrrole nitrogens is 1. The maximum absolute atomic E-state index is 13.1. The van der Waals surface area contributed by atoms with Gasteiger partial charge in [0.1, 0.15) is 13.2 Å². The summed E-state index contributed by atoms with van der Waals surface area (Å²) >= 11 is 5.82. The summed E-state index contributed by atoms with van der Waals surface area (Å²) in [7, 11) is 1.34. The second-order valence-electron chi connectivity index (χ2n) is 9.27. The monoisotopic (exact) mass is 543 g/mol. The normalized spacial score (nSPS) is 12.2. The second kappa shape index (κ2) is 11.6. The third-order valence-corrected chi connectivity index (χ3v) is 7.08. The lowest BCUT2D eigenvalue weighted by Gasteiger charge is -2.27. The average molecular weight is 544 g/mol. The molecule has 0 saturated carbocycles. The fourth-order valence-corrected chi connectivity index (χ4v) is 4.85. The van der Waals surface area contributed by atoms with Gasteiger partial charge in [0.15, 0.2) is 16.6 Å². The van der Waals surface area contributed by atoms with Crippen LogP contribution in [0.3, 0.4) is 0 Å². The number of nitrogens with one attached hydrogen (secondary N) is 2. The number of methoxy groups -OCH3 is 1. The molecule has 5 rings (SSSR count). The number of ether oxygens (including phenoxy) is 3. The number of esters is 1. The number of hydrogen-bond donors (Lipinski definition) is 2. The number of nitrogens with zero attached hydrogens (tertiary/aromatic N) is 1. The van der Waals surface area contributed by atoms with Gasteiger partial charge in [0, 0.05) is 23.6 Å². The first-order valence-corrected chi connectivity index (χ1v) is 13.1. The maximum atomic E-state index is 13.1. The van der Waals surface area contributed by atoms with Gasteiger partial charge in [0.25, 0.3) is 5.56 Å². The third kappa shape index (κ3) is 5.88. The van der Waals surface area contributed by atoms with Crippen molar-refractivity contribution >= 4 is 39.9 Å². The number of carbonyl (C=O) groups excluding carboxylic acids is 1. The number of pyridine rings is 1. The zero-order valence-electron chi connectivity index (χ0n) is 21.8. The van der Waals surface area contributed by atoms with Crippen molar-refractivity contribution in [1.82, 2.24) is 9.88 Å². The lowest BCUT2D eigenvalue weighted by atomic mass is 10.1. The van der Waals surface area contributed by atoms with E-state index in [0.717, 1.165) is 11.8 Å². The molecule has 0 saturated heterocycles. The molecule has 0 unspecified atom stereocenters. The molecule has 0 amide bonds. The van der Waals surface area contributed by atoms with Crippen molar-refractivity contribution in [1.29, 1.82) is 0 Å². The van der Waals surface area contributed by atoms with Gasteiger partial charge in [-0.25, -0.2) is 4.79 Å². The van der Waals surface area contributed by atoms with Crippen LogP contribution in [-0.4, -0.2) is 47.8 Å². The number of aromatic nitrogens is 1. The zero-order chi connectivity index (χ0) is 27.4. The largest absolute Gasteiger partial charge is 0.486 e. The van der Waals surface area contributed by atoms with Gasteiger partial charge in [-0.05, 0) is 61.0 Å². The van der Waals surface area contributed by atoms with Crippen LogP contribution in [0.4, 0.5) is 5.69 Å². The number of para-hydroxylation sites is 1. The van der Waals surface area contributed by atoms with Crippen LogP contribution in [-0.2, 0) is 17.7 Å². The van der Waals surface area contributed by atoms with Crippen LogP contribution in [0.2, 0.25) is 0 Å². The second-order valence-corrected chi connectivity index (χ2v) is 9.66. The minimum Gasteiger partial charge on any atom is -0.486 e. The maximum Gasteiger partial charge on any atom is 0.339 e. The first-order valence-electron chi connectivity index (χ1n) is 12.7. The van der Waals surface area contributed by atoms with Gasteiger partial charge in [-0.2, -0.15) is 0 Å². The standard InChI is InChI=1S/C30H29N3O5S/c1-19-7-3-4-8-20(19)11-12-33(30(39)32-24-10-6-5-9-23(24)29(35)36-2)18-22-15-21-16-26-27(38-14-13-37-26)17-25(21)31-28(22)34/h3-10,15-17H,11-14,18H2,1-2H3,(H,31,34)(H,32,39). The van der Waals surface area contributed by atoms with E-state index in [1.165, 1.54) is 18.2 Å². The molecule has 2 heterocycles. The highest BCUT2D eigenvalue weighted by atomic mass is 32.1. The Labute approximate surface area is 231 Å². The molecule has 200 valence electrons. The number of benzene rings is 3. The number of thiocarbonyl (C=S) groups is 1. The summed E-state index contributed by atoms with van der Waals surface area (Å²) in [6.45, 7) is 3.84. The molecule has 1 aliphatic rings. The first-order chi connectivity index (χ1) is 18.9. The average Bonchev–Trinajstić information content (AvgIpc) is 2.95. The van der Waals surface area contributed by atoms with Crippen molar-refractivity contribution in [3.05, 3.63) is 99.3 Å². The highest BCUT2D eigenvalue weighted by molar-refractivity contribution is 7.80. The fourth-order valence-electron chi connectivity index (χ4n) is 4.58. The van der Waals surface area contributed by atoms with Crippen molar-refractivity contribution < 1.29 is 19.0 Å². The van der Waals surface area contributed by atoms with E-state index in [1.807, 2.05) is 35.2 Å². The van der Waals surface area contributed by atoms with Gasteiger partial charge in [-0.15, -0.1) is 0 Å². The molecule has 39 heavy (non-hydrogen) atoms. The highest BCUT2D eigenvalue weighted by Gasteiger charge is 2.19. The summed E-state index contributed by atoms with van der Waals surface area (Å²) in [4.78, 5) is 30.4. The van der Waals surface area contributed by atoms with Crippen LogP contribution in [0, 0.1) is 6.92 Å². The number of aromatic amines is 1. The van der Waals surface area contributed by atoms with Gasteiger partial charge in [-0.3, -0.25) is 4.79 Å². The Kier molecular flexibility index (Phi) is 7.79. The van der Waals surface area contributed by atoms with Gasteiger partial charge in [0.2, 0.25) is 0 Å². The number of hydrogen-bond acceptors (Lipinski definition) is 6. The summed E-state index contributed by atoms with van der Waals surface area (Å²) in [5.41, 5.74) is 4.29. The van der Waals surface area contributed by atoms with Gasteiger partial charge >= 0.3 is 5.97 Å². The molecule has 2 N–H and O–H groups in total. The Hall–Kier alpha value is -4.37. The van der Waals surface area contributed by atoms with E-state index in [-0.39, 0.29) is 12.1 Å². The number of fused-ring (bicyclic) bond motifs is 2. The SMILES string of the molecule is COC(=O)c1ccccc1NC(=S)N(CCc1ccccc1C)Cc1cc2cc3c(cc2[nH]c1=O)OCCO3. The molecule has 8 nitrogen and oxygen atoms in total. The van der Waals surface area contributed by atoms with Crippen molar-refractivity contribution in [2.75, 3.05) is 32.2 Å². The molecule has 0 bridgehead atoms. The molecule has 1 aromatic heterocycles. The van der Waals surface area contributed by atoms with E-state index in [1.54, 1.807) is 24.3 Å². The molecule has 0 atom stereocenters. The van der Waals surface area contributed by atoms with Crippen LogP contribution < -0.4 is 20.3 Å². The van der Waals surface area contributed by atoms with Crippen LogP contribution >= 0.6 is 12.2 Å². The summed E-state index contributed by atoms with van der Waals surface area (Å²) < 4.78 is 16.3. The van der Waals surface area contributed by atoms with Crippen LogP contribution in [0.5, 0.6) is 11.5 Å². The van der Waals surface area contributed by atoms with Crippen LogP contribution in [0.1, 0.15) is 27.0 Å². The van der Waals surface area contributed by atoms with Gasteiger partial charge in [-0.1, -0.05) is 36.4 Å². The van der Waals surface area contributed by atoms with E-state index < -0.39 is 5.97 Å². The Morgan fingerprint density at radius 3 is 2.51 bits per heavy atom. The fraction of sp³-hybridized carbons (Fsp3) is 0.233. The van der Waals surface area contributed by atoms with E-state index in [4.69, 9.17) is 26.4 Å². The molecule has 0 spiro atoms. The van der Waals surface area contributed by atoms with E-state index in [9.17, 15) is 9.59 Å². The summed E-state index contributed by atoms with van der Waals surface area (Å²) in [5, 5.41) is 4.43. The molecule has 3 aromatic carbocycles. The van der Waals surface area contributed by atoms with Gasteiger partial charge in [0.05, 0.1) is 30.4 Å². The number of carbonyl (C=O) groups is 1. The number of rotatable bonds is 7. The van der Waals surface area contributed by atoms with Crippen molar-refractivity contribution in [2.24, 2.45) is 0 Å².